The van der Waals surface area contributed by atoms with Crippen molar-refractivity contribution in [3.63, 3.8) is 0 Å². The van der Waals surface area contributed by atoms with E-state index in [4.69, 9.17) is 9.47 Å². The van der Waals surface area contributed by atoms with Gasteiger partial charge < -0.3 is 14.4 Å². The van der Waals surface area contributed by atoms with Crippen molar-refractivity contribution in [3.05, 3.63) is 103 Å². The van der Waals surface area contributed by atoms with Gasteiger partial charge in [0.15, 0.2) is 4.80 Å². The van der Waals surface area contributed by atoms with E-state index in [0.717, 1.165) is 29.9 Å². The molecule has 1 atom stereocenters. The molecule has 0 fully saturated rings. The highest BCUT2D eigenvalue weighted by atomic mass is 32.1. The second kappa shape index (κ2) is 11.5. The van der Waals surface area contributed by atoms with Gasteiger partial charge in [0, 0.05) is 19.0 Å². The van der Waals surface area contributed by atoms with Crippen LogP contribution >= 0.6 is 11.3 Å². The van der Waals surface area contributed by atoms with Crippen molar-refractivity contribution in [2.24, 2.45) is 4.99 Å². The third kappa shape index (κ3) is 5.06. The van der Waals surface area contributed by atoms with Gasteiger partial charge in [-0.15, -0.1) is 0 Å². The Labute approximate surface area is 240 Å². The Morgan fingerprint density at radius 2 is 1.85 bits per heavy atom. The van der Waals surface area contributed by atoms with Crippen LogP contribution in [-0.4, -0.2) is 35.6 Å². The van der Waals surface area contributed by atoms with Crippen LogP contribution in [0, 0.1) is 0 Å². The fourth-order valence-electron chi connectivity index (χ4n) is 5.08. The topological polar surface area (TPSA) is 107 Å². The smallest absolute Gasteiger partial charge is 0.338 e. The molecule has 0 saturated carbocycles. The van der Waals surface area contributed by atoms with Crippen LogP contribution in [0.15, 0.2) is 82.2 Å². The molecule has 0 spiro atoms. The van der Waals surface area contributed by atoms with E-state index in [9.17, 15) is 19.2 Å². The number of benzene rings is 2. The number of rotatable bonds is 8. The molecule has 5 rings (SSSR count). The monoisotopic (exact) mass is 571 g/mol. The molecule has 210 valence electrons. The number of anilines is 1. The molecular weight excluding hydrogens is 542 g/mol. The number of allylic oxidation sites excluding steroid dienone is 1. The molecule has 1 aromatic heterocycles. The zero-order chi connectivity index (χ0) is 29.3. The summed E-state index contributed by atoms with van der Waals surface area (Å²) in [7, 11) is 0. The molecule has 0 saturated heterocycles. The summed E-state index contributed by atoms with van der Waals surface area (Å²) < 4.78 is 12.3. The molecule has 0 bridgehead atoms. The Morgan fingerprint density at radius 3 is 2.54 bits per heavy atom. The Morgan fingerprint density at radius 1 is 1.12 bits per heavy atom. The summed E-state index contributed by atoms with van der Waals surface area (Å²) in [5.41, 5.74) is 2.55. The van der Waals surface area contributed by atoms with Gasteiger partial charge in [0.2, 0.25) is 0 Å². The van der Waals surface area contributed by atoms with Crippen molar-refractivity contribution in [1.29, 1.82) is 0 Å². The predicted octanol–water partition coefficient (Wildman–Crippen LogP) is 3.41. The van der Waals surface area contributed by atoms with E-state index in [1.165, 1.54) is 17.6 Å². The Kier molecular flexibility index (Phi) is 7.85. The van der Waals surface area contributed by atoms with Crippen molar-refractivity contribution < 1.29 is 23.9 Å². The van der Waals surface area contributed by atoms with Gasteiger partial charge in [-0.2, -0.15) is 0 Å². The molecule has 1 amide bonds. The third-order valence-electron chi connectivity index (χ3n) is 6.89. The maximum atomic E-state index is 14.2. The molecule has 0 unspecified atom stereocenters. The van der Waals surface area contributed by atoms with Crippen molar-refractivity contribution in [2.75, 3.05) is 18.1 Å². The molecule has 2 aliphatic heterocycles. The van der Waals surface area contributed by atoms with E-state index >= 15 is 0 Å². The SMILES string of the molecule is C=CCOC(=O)C1=C(C)N=c2sc(=C3C(=O)N(CCCC)c4ccccc43)c(=O)n2[C@@H]1c1ccc(OC(C)=O)cc1. The first-order chi connectivity index (χ1) is 19.8. The summed E-state index contributed by atoms with van der Waals surface area (Å²) in [6.45, 7) is 9.19. The average molecular weight is 572 g/mol. The van der Waals surface area contributed by atoms with Crippen molar-refractivity contribution >= 4 is 40.4 Å². The minimum atomic E-state index is -0.882. The standard InChI is InChI=1S/C31H29N3O6S/c1-5-7-16-33-23-11-9-8-10-22(23)25(28(33)36)27-29(37)34-26(20-12-14-21(15-13-20)40-19(4)35)24(30(38)39-17-6-2)18(3)32-31(34)41-27/h6,8-15,26H,2,5,7,16-17H2,1,3-4H3/t26-/m1/s1. The second-order valence-electron chi connectivity index (χ2n) is 9.65. The molecule has 10 heteroatoms. The molecule has 41 heavy (non-hydrogen) atoms. The summed E-state index contributed by atoms with van der Waals surface area (Å²) in [5.74, 6) is -1.00. The first kappa shape index (κ1) is 28.0. The Balaban J connectivity index is 1.73. The molecule has 3 aromatic rings. The van der Waals surface area contributed by atoms with E-state index in [2.05, 4.69) is 18.5 Å². The average Bonchev–Trinajstić information content (AvgIpc) is 3.41. The first-order valence-electron chi connectivity index (χ1n) is 13.3. The number of thiazole rings is 1. The van der Waals surface area contributed by atoms with Crippen molar-refractivity contribution in [3.8, 4) is 5.75 Å². The van der Waals surface area contributed by atoms with Crippen LogP contribution in [0.4, 0.5) is 5.69 Å². The van der Waals surface area contributed by atoms with Crippen LogP contribution < -0.4 is 24.5 Å². The van der Waals surface area contributed by atoms with Crippen molar-refractivity contribution in [2.45, 2.75) is 39.7 Å². The van der Waals surface area contributed by atoms with Gasteiger partial charge in [-0.1, -0.05) is 67.7 Å². The van der Waals surface area contributed by atoms with E-state index in [1.54, 1.807) is 36.1 Å². The third-order valence-corrected chi connectivity index (χ3v) is 7.95. The number of nitrogens with zero attached hydrogens (tertiary/aromatic N) is 3. The van der Waals surface area contributed by atoms with Crippen LogP contribution in [0.3, 0.4) is 0 Å². The lowest BCUT2D eigenvalue weighted by Gasteiger charge is -2.24. The summed E-state index contributed by atoms with van der Waals surface area (Å²) in [5, 5.41) is 0. The quantitative estimate of drug-likeness (QED) is 0.233. The van der Waals surface area contributed by atoms with Crippen LogP contribution in [0.5, 0.6) is 5.75 Å². The van der Waals surface area contributed by atoms with E-state index in [0.29, 0.717) is 39.5 Å². The number of para-hydroxylation sites is 1. The molecule has 9 nitrogen and oxygen atoms in total. The summed E-state index contributed by atoms with van der Waals surface area (Å²) in [6, 6.07) is 13.1. The number of esters is 2. The number of hydrogen-bond acceptors (Lipinski definition) is 8. The largest absolute Gasteiger partial charge is 0.458 e. The summed E-state index contributed by atoms with van der Waals surface area (Å²) >= 11 is 1.13. The zero-order valence-corrected chi connectivity index (χ0v) is 23.8. The van der Waals surface area contributed by atoms with Crippen LogP contribution in [0.2, 0.25) is 0 Å². The summed E-state index contributed by atoms with van der Waals surface area (Å²) in [6.07, 6.45) is 3.21. The fourth-order valence-corrected chi connectivity index (χ4v) is 6.22. The Hall–Kier alpha value is -4.57. The van der Waals surface area contributed by atoms with Crippen LogP contribution in [0.25, 0.3) is 5.57 Å². The zero-order valence-electron chi connectivity index (χ0n) is 23.0. The van der Waals surface area contributed by atoms with Gasteiger partial charge >= 0.3 is 11.9 Å². The van der Waals surface area contributed by atoms with Gasteiger partial charge in [0.25, 0.3) is 11.5 Å². The van der Waals surface area contributed by atoms with E-state index < -0.39 is 23.5 Å². The second-order valence-corrected chi connectivity index (χ2v) is 10.6. The normalized spacial score (nSPS) is 17.1. The molecule has 2 aliphatic rings. The number of fused-ring (bicyclic) bond motifs is 2. The number of amides is 1. The minimum Gasteiger partial charge on any atom is -0.458 e. The van der Waals surface area contributed by atoms with Crippen LogP contribution in [0.1, 0.15) is 50.8 Å². The highest BCUT2D eigenvalue weighted by molar-refractivity contribution is 7.07. The molecular formula is C31H29N3O6S. The lowest BCUT2D eigenvalue weighted by molar-refractivity contribution is -0.138. The molecule has 0 aliphatic carbocycles. The number of unbranched alkanes of at least 4 members (excludes halogenated alkanes) is 1. The van der Waals surface area contributed by atoms with Gasteiger partial charge in [0.05, 0.1) is 28.6 Å². The lowest BCUT2D eigenvalue weighted by Crippen LogP contribution is -2.41. The lowest BCUT2D eigenvalue weighted by atomic mass is 9.96. The molecule has 0 radical (unpaired) electrons. The number of ether oxygens (including phenoxy) is 2. The highest BCUT2D eigenvalue weighted by Crippen LogP contribution is 2.36. The van der Waals surface area contributed by atoms with Gasteiger partial charge in [-0.25, -0.2) is 9.79 Å². The van der Waals surface area contributed by atoms with Gasteiger partial charge in [-0.05, 0) is 37.1 Å². The molecule has 2 aromatic carbocycles. The maximum absolute atomic E-state index is 14.2. The minimum absolute atomic E-state index is 0.0127. The van der Waals surface area contributed by atoms with Gasteiger partial charge in [-0.3, -0.25) is 19.0 Å². The van der Waals surface area contributed by atoms with Crippen LogP contribution in [-0.2, 0) is 19.1 Å². The molecule has 3 heterocycles. The first-order valence-corrected chi connectivity index (χ1v) is 14.1. The molecule has 0 N–H and O–H groups in total. The number of carbonyl (C=O) groups excluding carboxylic acids is 3. The summed E-state index contributed by atoms with van der Waals surface area (Å²) in [4.78, 5) is 59.4. The van der Waals surface area contributed by atoms with E-state index in [1.807, 2.05) is 24.3 Å². The number of carbonyl (C=O) groups is 3. The number of hydrogen-bond donors (Lipinski definition) is 0. The predicted molar refractivity (Wildman–Crippen MR) is 155 cm³/mol. The number of aromatic nitrogens is 1. The highest BCUT2D eigenvalue weighted by Gasteiger charge is 2.37. The maximum Gasteiger partial charge on any atom is 0.338 e. The van der Waals surface area contributed by atoms with E-state index in [-0.39, 0.29) is 22.6 Å². The fraction of sp³-hybridized carbons (Fsp3) is 0.258. The van der Waals surface area contributed by atoms with Gasteiger partial charge in [0.1, 0.15) is 16.9 Å². The van der Waals surface area contributed by atoms with Crippen molar-refractivity contribution in [1.82, 2.24) is 4.57 Å². The Bertz CT molecular complexity index is 1780.